The molecule has 1 amide bonds. The van der Waals surface area contributed by atoms with Crippen LogP contribution in [0.3, 0.4) is 0 Å². The van der Waals surface area contributed by atoms with Crippen LogP contribution < -0.4 is 4.74 Å². The van der Waals surface area contributed by atoms with Gasteiger partial charge in [-0.05, 0) is 37.1 Å². The first-order valence-electron chi connectivity index (χ1n) is 9.88. The zero-order valence-corrected chi connectivity index (χ0v) is 16.5. The Morgan fingerprint density at radius 3 is 2.79 bits per heavy atom. The van der Waals surface area contributed by atoms with Crippen molar-refractivity contribution < 1.29 is 14.3 Å². The molecule has 4 rings (SSSR count). The first-order valence-corrected chi connectivity index (χ1v) is 9.88. The van der Waals surface area contributed by atoms with Gasteiger partial charge in [-0.15, -0.1) is 0 Å². The van der Waals surface area contributed by atoms with E-state index in [1.807, 2.05) is 59.4 Å². The third-order valence-electron chi connectivity index (χ3n) is 4.99. The van der Waals surface area contributed by atoms with Crippen molar-refractivity contribution in [2.45, 2.75) is 25.5 Å². The lowest BCUT2D eigenvalue weighted by Gasteiger charge is -2.19. The van der Waals surface area contributed by atoms with Gasteiger partial charge < -0.3 is 14.4 Å². The summed E-state index contributed by atoms with van der Waals surface area (Å²) >= 11 is 0. The molecule has 0 N–H and O–H groups in total. The highest BCUT2D eigenvalue weighted by molar-refractivity contribution is 5.96. The Bertz CT molecular complexity index is 949. The monoisotopic (exact) mass is 391 g/mol. The van der Waals surface area contributed by atoms with E-state index < -0.39 is 0 Å². The van der Waals surface area contributed by atoms with Gasteiger partial charge in [-0.3, -0.25) is 4.79 Å². The number of hydrogen-bond acceptors (Lipinski definition) is 4. The number of para-hydroxylation sites is 2. The highest BCUT2D eigenvalue weighted by atomic mass is 16.5. The SMILES string of the molecule is CN(Cc1cnn(-c2ccccc2)c1)C(=O)c1ccccc1OCC1CCCO1. The van der Waals surface area contributed by atoms with Crippen LogP contribution in [-0.4, -0.2) is 47.0 Å². The van der Waals surface area contributed by atoms with Crippen molar-refractivity contribution >= 4 is 5.91 Å². The summed E-state index contributed by atoms with van der Waals surface area (Å²) in [4.78, 5) is 14.7. The molecule has 3 aromatic rings. The quantitative estimate of drug-likeness (QED) is 0.616. The topological polar surface area (TPSA) is 56.6 Å². The molecular formula is C23H25N3O3. The van der Waals surface area contributed by atoms with Gasteiger partial charge in [0, 0.05) is 32.0 Å². The summed E-state index contributed by atoms with van der Waals surface area (Å²) in [6, 6.07) is 17.3. The number of rotatable bonds is 7. The Morgan fingerprint density at radius 2 is 2.00 bits per heavy atom. The van der Waals surface area contributed by atoms with Crippen LogP contribution in [0.4, 0.5) is 0 Å². The van der Waals surface area contributed by atoms with Crippen molar-refractivity contribution in [1.82, 2.24) is 14.7 Å². The van der Waals surface area contributed by atoms with Crippen LogP contribution in [-0.2, 0) is 11.3 Å². The van der Waals surface area contributed by atoms with E-state index in [0.717, 1.165) is 30.7 Å². The van der Waals surface area contributed by atoms with E-state index >= 15 is 0 Å². The molecule has 1 aliphatic rings. The smallest absolute Gasteiger partial charge is 0.257 e. The first-order chi connectivity index (χ1) is 14.2. The zero-order chi connectivity index (χ0) is 20.1. The molecule has 1 atom stereocenters. The molecule has 0 aliphatic carbocycles. The van der Waals surface area contributed by atoms with Crippen molar-refractivity contribution in [3.05, 3.63) is 78.1 Å². The Balaban J connectivity index is 1.42. The van der Waals surface area contributed by atoms with Crippen LogP contribution in [0.1, 0.15) is 28.8 Å². The molecule has 2 aromatic carbocycles. The summed E-state index contributed by atoms with van der Waals surface area (Å²) in [5, 5.41) is 4.40. The van der Waals surface area contributed by atoms with E-state index in [1.54, 1.807) is 24.2 Å². The highest BCUT2D eigenvalue weighted by Gasteiger charge is 2.20. The number of aromatic nitrogens is 2. The summed E-state index contributed by atoms with van der Waals surface area (Å²) in [5.41, 5.74) is 2.51. The third kappa shape index (κ3) is 4.66. The standard InChI is InChI=1S/C23H25N3O3/c1-25(15-18-14-24-26(16-18)19-8-3-2-4-9-19)23(27)21-11-5-6-12-22(21)29-17-20-10-7-13-28-20/h2-6,8-9,11-12,14,16,20H,7,10,13,15,17H2,1H3. The maximum atomic E-state index is 13.0. The van der Waals surface area contributed by atoms with Crippen molar-refractivity contribution in [2.24, 2.45) is 0 Å². The number of carbonyl (C=O) groups excluding carboxylic acids is 1. The highest BCUT2D eigenvalue weighted by Crippen LogP contribution is 2.22. The Morgan fingerprint density at radius 1 is 1.21 bits per heavy atom. The van der Waals surface area contributed by atoms with Crippen LogP contribution in [0.25, 0.3) is 5.69 Å². The molecule has 29 heavy (non-hydrogen) atoms. The summed E-state index contributed by atoms with van der Waals surface area (Å²) < 4.78 is 13.3. The van der Waals surface area contributed by atoms with Gasteiger partial charge in [0.15, 0.2) is 0 Å². The van der Waals surface area contributed by atoms with Gasteiger partial charge in [-0.1, -0.05) is 30.3 Å². The van der Waals surface area contributed by atoms with Crippen molar-refractivity contribution in [3.8, 4) is 11.4 Å². The van der Waals surface area contributed by atoms with Gasteiger partial charge in [0.05, 0.1) is 23.6 Å². The van der Waals surface area contributed by atoms with Gasteiger partial charge >= 0.3 is 0 Å². The molecule has 0 bridgehead atoms. The average molecular weight is 391 g/mol. The summed E-state index contributed by atoms with van der Waals surface area (Å²) in [7, 11) is 1.79. The minimum Gasteiger partial charge on any atom is -0.490 e. The lowest BCUT2D eigenvalue weighted by atomic mass is 10.1. The third-order valence-corrected chi connectivity index (χ3v) is 4.99. The molecule has 0 radical (unpaired) electrons. The number of amides is 1. The van der Waals surface area contributed by atoms with Crippen LogP contribution in [0.2, 0.25) is 0 Å². The molecule has 1 unspecified atom stereocenters. The lowest BCUT2D eigenvalue weighted by Crippen LogP contribution is -2.27. The number of nitrogens with zero attached hydrogens (tertiary/aromatic N) is 3. The van der Waals surface area contributed by atoms with Crippen LogP contribution >= 0.6 is 0 Å². The van der Waals surface area contributed by atoms with Crippen molar-refractivity contribution in [2.75, 3.05) is 20.3 Å². The first kappa shape index (κ1) is 19.2. The predicted octanol–water partition coefficient (Wildman–Crippen LogP) is 3.70. The molecule has 2 heterocycles. The largest absolute Gasteiger partial charge is 0.490 e. The normalized spacial score (nSPS) is 16.0. The number of hydrogen-bond donors (Lipinski definition) is 0. The molecule has 6 heteroatoms. The Hall–Kier alpha value is -3.12. The summed E-state index contributed by atoms with van der Waals surface area (Å²) in [5.74, 6) is 0.514. The van der Waals surface area contributed by atoms with Crippen LogP contribution in [0, 0.1) is 0 Å². The van der Waals surface area contributed by atoms with Gasteiger partial charge in [0.25, 0.3) is 5.91 Å². The van der Waals surface area contributed by atoms with E-state index in [9.17, 15) is 4.79 Å². The zero-order valence-electron chi connectivity index (χ0n) is 16.5. The molecule has 150 valence electrons. The minimum absolute atomic E-state index is 0.0830. The Kier molecular flexibility index (Phi) is 5.91. The fourth-order valence-corrected chi connectivity index (χ4v) is 3.44. The molecule has 0 spiro atoms. The van der Waals surface area contributed by atoms with E-state index in [0.29, 0.717) is 24.5 Å². The molecule has 1 aliphatic heterocycles. The number of ether oxygens (including phenoxy) is 2. The maximum Gasteiger partial charge on any atom is 0.257 e. The second kappa shape index (κ2) is 8.92. The van der Waals surface area contributed by atoms with Gasteiger partial charge in [0.2, 0.25) is 0 Å². The summed E-state index contributed by atoms with van der Waals surface area (Å²) in [6.07, 6.45) is 5.91. The molecule has 1 saturated heterocycles. The second-order valence-electron chi connectivity index (χ2n) is 7.23. The molecule has 1 aromatic heterocycles. The van der Waals surface area contributed by atoms with Gasteiger partial charge in [-0.25, -0.2) is 4.68 Å². The van der Waals surface area contributed by atoms with Gasteiger partial charge in [0.1, 0.15) is 12.4 Å². The van der Waals surface area contributed by atoms with Crippen molar-refractivity contribution in [3.63, 3.8) is 0 Å². The second-order valence-corrected chi connectivity index (χ2v) is 7.23. The Labute approximate surface area is 170 Å². The molecule has 1 fully saturated rings. The lowest BCUT2D eigenvalue weighted by molar-refractivity contribution is 0.0656. The summed E-state index contributed by atoms with van der Waals surface area (Å²) in [6.45, 7) is 1.72. The molecule has 0 saturated carbocycles. The van der Waals surface area contributed by atoms with E-state index in [2.05, 4.69) is 5.10 Å². The number of benzene rings is 2. The van der Waals surface area contributed by atoms with Crippen LogP contribution in [0.15, 0.2) is 67.0 Å². The fraction of sp³-hybridized carbons (Fsp3) is 0.304. The fourth-order valence-electron chi connectivity index (χ4n) is 3.44. The van der Waals surface area contributed by atoms with Gasteiger partial charge in [-0.2, -0.15) is 5.10 Å². The van der Waals surface area contributed by atoms with Crippen molar-refractivity contribution in [1.29, 1.82) is 0 Å². The predicted molar refractivity (Wildman–Crippen MR) is 110 cm³/mol. The molecule has 6 nitrogen and oxygen atoms in total. The van der Waals surface area contributed by atoms with E-state index in [4.69, 9.17) is 9.47 Å². The van der Waals surface area contributed by atoms with Crippen LogP contribution in [0.5, 0.6) is 5.75 Å². The van der Waals surface area contributed by atoms with E-state index in [-0.39, 0.29) is 12.0 Å². The maximum absolute atomic E-state index is 13.0. The number of carbonyl (C=O) groups is 1. The van der Waals surface area contributed by atoms with E-state index in [1.165, 1.54) is 0 Å². The minimum atomic E-state index is -0.0830. The molecular weight excluding hydrogens is 366 g/mol. The average Bonchev–Trinajstić information content (AvgIpc) is 3.45.